The number of benzene rings is 1. The van der Waals surface area contributed by atoms with Gasteiger partial charge in [-0.25, -0.2) is 0 Å². The van der Waals surface area contributed by atoms with Gasteiger partial charge >= 0.3 is 0 Å². The highest BCUT2D eigenvalue weighted by molar-refractivity contribution is 5.46. The molecular weight excluding hydrogens is 206 g/mol. The van der Waals surface area contributed by atoms with Gasteiger partial charge in [-0.2, -0.15) is 0 Å². The van der Waals surface area contributed by atoms with Crippen molar-refractivity contribution < 1.29 is 14.3 Å². The number of carbonyl (C=O) groups excluding carboxylic acids is 1. The van der Waals surface area contributed by atoms with Gasteiger partial charge in [0.2, 0.25) is 6.41 Å². The van der Waals surface area contributed by atoms with Crippen molar-refractivity contribution in [3.63, 3.8) is 0 Å². The molecule has 4 nitrogen and oxygen atoms in total. The molecule has 0 aliphatic rings. The lowest BCUT2D eigenvalue weighted by Gasteiger charge is -2.14. The van der Waals surface area contributed by atoms with Crippen molar-refractivity contribution in [1.82, 2.24) is 5.32 Å². The van der Waals surface area contributed by atoms with Gasteiger partial charge in [-0.3, -0.25) is 4.79 Å². The number of hydrogen-bond acceptors (Lipinski definition) is 3. The van der Waals surface area contributed by atoms with E-state index in [0.29, 0.717) is 13.0 Å². The molecule has 1 N–H and O–H groups in total. The first-order valence-corrected chi connectivity index (χ1v) is 5.11. The third-order valence-electron chi connectivity index (χ3n) is 2.45. The Hall–Kier alpha value is -1.71. The van der Waals surface area contributed by atoms with E-state index in [2.05, 4.69) is 5.32 Å². The van der Waals surface area contributed by atoms with Crippen LogP contribution in [-0.4, -0.2) is 27.2 Å². The minimum atomic E-state index is 0.217. The number of hydrogen-bond donors (Lipinski definition) is 1. The SMILES string of the molecule is COc1cc(OC)cc(C(C)CNC=O)c1. The van der Waals surface area contributed by atoms with Crippen LogP contribution in [0, 0.1) is 0 Å². The van der Waals surface area contributed by atoms with Crippen LogP contribution >= 0.6 is 0 Å². The monoisotopic (exact) mass is 223 g/mol. The molecule has 0 heterocycles. The molecule has 0 aromatic heterocycles. The van der Waals surface area contributed by atoms with Crippen LogP contribution in [-0.2, 0) is 4.79 Å². The van der Waals surface area contributed by atoms with Crippen molar-refractivity contribution in [3.8, 4) is 11.5 Å². The minimum Gasteiger partial charge on any atom is -0.497 e. The molecule has 0 bridgehead atoms. The third-order valence-corrected chi connectivity index (χ3v) is 2.45. The lowest BCUT2D eigenvalue weighted by atomic mass is 10.0. The van der Waals surface area contributed by atoms with Crippen molar-refractivity contribution in [2.24, 2.45) is 0 Å². The highest BCUT2D eigenvalue weighted by Gasteiger charge is 2.08. The minimum absolute atomic E-state index is 0.217. The molecule has 0 spiro atoms. The van der Waals surface area contributed by atoms with Gasteiger partial charge in [0.25, 0.3) is 0 Å². The lowest BCUT2D eigenvalue weighted by molar-refractivity contribution is -0.109. The molecule has 0 aliphatic heterocycles. The number of nitrogens with one attached hydrogen (secondary N) is 1. The average Bonchev–Trinajstić information content (AvgIpc) is 2.35. The van der Waals surface area contributed by atoms with Crippen molar-refractivity contribution in [2.45, 2.75) is 12.8 Å². The fourth-order valence-corrected chi connectivity index (χ4v) is 1.46. The highest BCUT2D eigenvalue weighted by Crippen LogP contribution is 2.26. The maximum Gasteiger partial charge on any atom is 0.207 e. The summed E-state index contributed by atoms with van der Waals surface area (Å²) < 4.78 is 10.4. The summed E-state index contributed by atoms with van der Waals surface area (Å²) in [7, 11) is 3.24. The van der Waals surface area contributed by atoms with E-state index < -0.39 is 0 Å². The second kappa shape index (κ2) is 6.00. The molecule has 1 rings (SSSR count). The normalized spacial score (nSPS) is 11.7. The Morgan fingerprint density at radius 1 is 1.25 bits per heavy atom. The van der Waals surface area contributed by atoms with Gasteiger partial charge < -0.3 is 14.8 Å². The van der Waals surface area contributed by atoms with Crippen LogP contribution < -0.4 is 14.8 Å². The van der Waals surface area contributed by atoms with Crippen molar-refractivity contribution in [1.29, 1.82) is 0 Å². The maximum absolute atomic E-state index is 10.2. The Labute approximate surface area is 95.6 Å². The summed E-state index contributed by atoms with van der Waals surface area (Å²) in [6.07, 6.45) is 0.702. The van der Waals surface area contributed by atoms with Crippen LogP contribution in [0.3, 0.4) is 0 Å². The molecule has 1 unspecified atom stereocenters. The number of methoxy groups -OCH3 is 2. The maximum atomic E-state index is 10.2. The van der Waals surface area contributed by atoms with Crippen LogP contribution in [0.25, 0.3) is 0 Å². The first-order valence-electron chi connectivity index (χ1n) is 5.11. The van der Waals surface area contributed by atoms with Crippen LogP contribution in [0.5, 0.6) is 11.5 Å². The van der Waals surface area contributed by atoms with E-state index in [1.807, 2.05) is 25.1 Å². The first kappa shape index (κ1) is 12.4. The molecule has 1 atom stereocenters. The number of rotatable bonds is 6. The van der Waals surface area contributed by atoms with Gasteiger partial charge in [0, 0.05) is 12.6 Å². The van der Waals surface area contributed by atoms with Gasteiger partial charge in [-0.05, 0) is 23.6 Å². The summed E-state index contributed by atoms with van der Waals surface area (Å²) in [5.74, 6) is 1.73. The molecule has 1 amide bonds. The number of ether oxygens (including phenoxy) is 2. The summed E-state index contributed by atoms with van der Waals surface area (Å²) >= 11 is 0. The van der Waals surface area contributed by atoms with E-state index in [0.717, 1.165) is 17.1 Å². The molecule has 0 radical (unpaired) electrons. The van der Waals surface area contributed by atoms with Gasteiger partial charge in [-0.15, -0.1) is 0 Å². The molecule has 4 heteroatoms. The van der Waals surface area contributed by atoms with Gasteiger partial charge in [0.15, 0.2) is 0 Å². The van der Waals surface area contributed by atoms with E-state index in [4.69, 9.17) is 9.47 Å². The lowest BCUT2D eigenvalue weighted by Crippen LogP contribution is -2.17. The quantitative estimate of drug-likeness (QED) is 0.744. The standard InChI is InChI=1S/C12H17NO3/c1-9(7-13-8-14)10-4-11(15-2)6-12(5-10)16-3/h4-6,8-9H,7H2,1-3H3,(H,13,14). The molecule has 1 aromatic rings. The summed E-state index contributed by atoms with van der Waals surface area (Å²) in [6.45, 7) is 2.63. The molecule has 16 heavy (non-hydrogen) atoms. The smallest absolute Gasteiger partial charge is 0.207 e. The predicted octanol–water partition coefficient (Wildman–Crippen LogP) is 1.55. The fraction of sp³-hybridized carbons (Fsp3) is 0.417. The van der Waals surface area contributed by atoms with Crippen molar-refractivity contribution in [3.05, 3.63) is 23.8 Å². The zero-order valence-corrected chi connectivity index (χ0v) is 9.82. The predicted molar refractivity (Wildman–Crippen MR) is 62.0 cm³/mol. The van der Waals surface area contributed by atoms with E-state index in [1.165, 1.54) is 0 Å². The summed E-state index contributed by atoms with van der Waals surface area (Å²) in [6, 6.07) is 5.71. The van der Waals surface area contributed by atoms with Gasteiger partial charge in [-0.1, -0.05) is 6.92 Å². The molecule has 0 saturated heterocycles. The topological polar surface area (TPSA) is 47.6 Å². The average molecular weight is 223 g/mol. The zero-order valence-electron chi connectivity index (χ0n) is 9.82. The first-order chi connectivity index (χ1) is 7.71. The van der Waals surface area contributed by atoms with Crippen LogP contribution in [0.1, 0.15) is 18.4 Å². The Morgan fingerprint density at radius 3 is 2.25 bits per heavy atom. The Balaban J connectivity index is 2.88. The molecule has 0 fully saturated rings. The van der Waals surface area contributed by atoms with E-state index in [1.54, 1.807) is 14.2 Å². The number of carbonyl (C=O) groups is 1. The van der Waals surface area contributed by atoms with Crippen molar-refractivity contribution >= 4 is 6.41 Å². The Morgan fingerprint density at radius 2 is 1.81 bits per heavy atom. The molecule has 88 valence electrons. The molecule has 0 aliphatic carbocycles. The molecular formula is C12H17NO3. The molecule has 0 saturated carbocycles. The van der Waals surface area contributed by atoms with E-state index in [9.17, 15) is 4.79 Å². The largest absolute Gasteiger partial charge is 0.497 e. The third kappa shape index (κ3) is 3.15. The van der Waals surface area contributed by atoms with Crippen LogP contribution in [0.15, 0.2) is 18.2 Å². The van der Waals surface area contributed by atoms with Crippen LogP contribution in [0.4, 0.5) is 0 Å². The van der Waals surface area contributed by atoms with E-state index in [-0.39, 0.29) is 5.92 Å². The highest BCUT2D eigenvalue weighted by atomic mass is 16.5. The van der Waals surface area contributed by atoms with Crippen LogP contribution in [0.2, 0.25) is 0 Å². The Kier molecular flexibility index (Phi) is 4.64. The molecule has 1 aromatic carbocycles. The van der Waals surface area contributed by atoms with Gasteiger partial charge in [0.1, 0.15) is 11.5 Å². The summed E-state index contributed by atoms with van der Waals surface area (Å²) in [5.41, 5.74) is 1.07. The summed E-state index contributed by atoms with van der Waals surface area (Å²) in [5, 5.41) is 2.66. The van der Waals surface area contributed by atoms with Crippen molar-refractivity contribution in [2.75, 3.05) is 20.8 Å². The second-order valence-corrected chi connectivity index (χ2v) is 3.57. The second-order valence-electron chi connectivity index (χ2n) is 3.57. The fourth-order valence-electron chi connectivity index (χ4n) is 1.46. The van der Waals surface area contributed by atoms with E-state index >= 15 is 0 Å². The summed E-state index contributed by atoms with van der Waals surface area (Å²) in [4.78, 5) is 10.2. The van der Waals surface area contributed by atoms with Gasteiger partial charge in [0.05, 0.1) is 14.2 Å². The Bertz CT molecular complexity index is 330. The number of amides is 1. The zero-order chi connectivity index (χ0) is 12.0.